The SMILES string of the molecule is CC(=O)O[C@@H]1C[C@H](OC(C)=O)[C@@H]2O[C@@H](c3ccccc3)OC[C@@H]2O1. The quantitative estimate of drug-likeness (QED) is 0.777. The molecule has 0 bridgehead atoms. The molecule has 1 aromatic rings. The Morgan fingerprint density at radius 2 is 1.75 bits per heavy atom. The van der Waals surface area contributed by atoms with Crippen molar-refractivity contribution in [3.63, 3.8) is 0 Å². The molecule has 0 N–H and O–H groups in total. The standard InChI is InChI=1S/C17H20O7/c1-10(18)21-13-8-15(22-11(2)19)23-14-9-20-17(24-16(13)14)12-6-4-3-5-7-12/h3-7,13-17H,8-9H2,1-2H3/t13-,14-,15-,16-,17-/m0/s1. The molecule has 2 heterocycles. The van der Waals surface area contributed by atoms with Gasteiger partial charge in [-0.3, -0.25) is 9.59 Å². The van der Waals surface area contributed by atoms with Gasteiger partial charge in [0.05, 0.1) is 13.0 Å². The van der Waals surface area contributed by atoms with E-state index in [0.29, 0.717) is 0 Å². The lowest BCUT2D eigenvalue weighted by Gasteiger charge is -2.44. The molecule has 0 spiro atoms. The van der Waals surface area contributed by atoms with Crippen molar-refractivity contribution in [2.24, 2.45) is 0 Å². The van der Waals surface area contributed by atoms with Crippen LogP contribution < -0.4 is 0 Å². The summed E-state index contributed by atoms with van der Waals surface area (Å²) in [5.74, 6) is -0.881. The summed E-state index contributed by atoms with van der Waals surface area (Å²) >= 11 is 0. The Morgan fingerprint density at radius 3 is 2.42 bits per heavy atom. The summed E-state index contributed by atoms with van der Waals surface area (Å²) in [5, 5.41) is 0. The van der Waals surface area contributed by atoms with Crippen LogP contribution in [0.4, 0.5) is 0 Å². The van der Waals surface area contributed by atoms with E-state index in [-0.39, 0.29) is 13.0 Å². The second-order valence-corrected chi connectivity index (χ2v) is 5.77. The molecular formula is C17H20O7. The van der Waals surface area contributed by atoms with Crippen LogP contribution in [-0.2, 0) is 33.3 Å². The first-order valence-corrected chi connectivity index (χ1v) is 7.85. The van der Waals surface area contributed by atoms with Crippen LogP contribution in [0.25, 0.3) is 0 Å². The van der Waals surface area contributed by atoms with Crippen molar-refractivity contribution >= 4 is 11.9 Å². The first kappa shape index (κ1) is 16.9. The Morgan fingerprint density at radius 1 is 1.04 bits per heavy atom. The molecule has 5 atom stereocenters. The van der Waals surface area contributed by atoms with Gasteiger partial charge in [0.1, 0.15) is 18.3 Å². The van der Waals surface area contributed by atoms with Gasteiger partial charge in [0.15, 0.2) is 6.29 Å². The van der Waals surface area contributed by atoms with Crippen molar-refractivity contribution in [2.75, 3.05) is 6.61 Å². The van der Waals surface area contributed by atoms with Crippen LogP contribution >= 0.6 is 0 Å². The zero-order chi connectivity index (χ0) is 17.1. The minimum atomic E-state index is -0.784. The molecule has 0 radical (unpaired) electrons. The van der Waals surface area contributed by atoms with Crippen LogP contribution in [-0.4, -0.2) is 43.1 Å². The van der Waals surface area contributed by atoms with Gasteiger partial charge in [0.2, 0.25) is 6.29 Å². The third kappa shape index (κ3) is 3.92. The van der Waals surface area contributed by atoms with E-state index in [1.807, 2.05) is 30.3 Å². The average Bonchev–Trinajstić information content (AvgIpc) is 2.54. The lowest BCUT2D eigenvalue weighted by Crippen LogP contribution is -2.56. The summed E-state index contributed by atoms with van der Waals surface area (Å²) in [4.78, 5) is 22.6. The third-order valence-corrected chi connectivity index (χ3v) is 3.86. The normalized spacial score (nSPS) is 32.5. The molecule has 2 aliphatic rings. The van der Waals surface area contributed by atoms with Crippen LogP contribution in [0.3, 0.4) is 0 Å². The van der Waals surface area contributed by atoms with Gasteiger partial charge in [-0.1, -0.05) is 30.3 Å². The Labute approximate surface area is 139 Å². The number of rotatable bonds is 3. The molecule has 2 fully saturated rings. The molecule has 130 valence electrons. The average molecular weight is 336 g/mol. The molecule has 24 heavy (non-hydrogen) atoms. The molecule has 3 rings (SSSR count). The zero-order valence-electron chi connectivity index (χ0n) is 13.5. The molecule has 0 amide bonds. The summed E-state index contributed by atoms with van der Waals surface area (Å²) in [6.45, 7) is 2.88. The number of carbonyl (C=O) groups excluding carboxylic acids is 2. The molecule has 0 saturated carbocycles. The Kier molecular flexibility index (Phi) is 5.13. The van der Waals surface area contributed by atoms with Crippen LogP contribution in [0.15, 0.2) is 30.3 Å². The van der Waals surface area contributed by atoms with Crippen LogP contribution in [0, 0.1) is 0 Å². The second kappa shape index (κ2) is 7.29. The summed E-state index contributed by atoms with van der Waals surface area (Å²) in [6.07, 6.45) is -2.65. The highest BCUT2D eigenvalue weighted by Crippen LogP contribution is 2.35. The zero-order valence-corrected chi connectivity index (χ0v) is 13.5. The molecule has 2 aliphatic heterocycles. The van der Waals surface area contributed by atoms with E-state index in [1.165, 1.54) is 13.8 Å². The maximum atomic E-state index is 11.4. The molecule has 7 heteroatoms. The monoisotopic (exact) mass is 336 g/mol. The number of esters is 2. The second-order valence-electron chi connectivity index (χ2n) is 5.77. The van der Waals surface area contributed by atoms with Gasteiger partial charge in [-0.25, -0.2) is 0 Å². The van der Waals surface area contributed by atoms with Crippen molar-refractivity contribution in [1.29, 1.82) is 0 Å². The highest BCUT2D eigenvalue weighted by atomic mass is 16.8. The predicted octanol–water partition coefficient (Wildman–Crippen LogP) is 1.71. The maximum absolute atomic E-state index is 11.4. The minimum absolute atomic E-state index is 0.224. The van der Waals surface area contributed by atoms with Crippen LogP contribution in [0.1, 0.15) is 32.1 Å². The predicted molar refractivity (Wildman–Crippen MR) is 80.6 cm³/mol. The highest BCUT2D eigenvalue weighted by Gasteiger charge is 2.47. The van der Waals surface area contributed by atoms with E-state index in [9.17, 15) is 9.59 Å². The van der Waals surface area contributed by atoms with Crippen molar-refractivity contribution in [1.82, 2.24) is 0 Å². The lowest BCUT2D eigenvalue weighted by atomic mass is 10.00. The van der Waals surface area contributed by atoms with Gasteiger partial charge in [0.25, 0.3) is 0 Å². The summed E-state index contributed by atoms with van der Waals surface area (Å²) in [7, 11) is 0. The van der Waals surface area contributed by atoms with E-state index in [4.69, 9.17) is 23.7 Å². The van der Waals surface area contributed by atoms with Gasteiger partial charge in [-0.15, -0.1) is 0 Å². The Bertz CT molecular complexity index is 588. The van der Waals surface area contributed by atoms with Crippen molar-refractivity contribution in [2.45, 2.75) is 51.2 Å². The van der Waals surface area contributed by atoms with E-state index >= 15 is 0 Å². The fourth-order valence-electron chi connectivity index (χ4n) is 2.94. The number of carbonyl (C=O) groups is 2. The van der Waals surface area contributed by atoms with E-state index in [1.54, 1.807) is 0 Å². The number of hydrogen-bond donors (Lipinski definition) is 0. The highest BCUT2D eigenvalue weighted by molar-refractivity contribution is 5.66. The van der Waals surface area contributed by atoms with E-state index in [2.05, 4.69) is 0 Å². The fourth-order valence-corrected chi connectivity index (χ4v) is 2.94. The number of hydrogen-bond acceptors (Lipinski definition) is 7. The largest absolute Gasteiger partial charge is 0.459 e. The first-order valence-electron chi connectivity index (χ1n) is 7.85. The number of ether oxygens (including phenoxy) is 5. The van der Waals surface area contributed by atoms with E-state index in [0.717, 1.165) is 5.56 Å². The van der Waals surface area contributed by atoms with E-state index < -0.39 is 42.8 Å². The molecule has 0 unspecified atom stereocenters. The molecule has 0 aliphatic carbocycles. The lowest BCUT2D eigenvalue weighted by molar-refractivity contribution is -0.333. The summed E-state index contributed by atoms with van der Waals surface area (Å²) in [6, 6.07) is 9.50. The topological polar surface area (TPSA) is 80.3 Å². The molecule has 1 aromatic carbocycles. The van der Waals surface area contributed by atoms with Crippen molar-refractivity contribution in [3.8, 4) is 0 Å². The summed E-state index contributed by atoms with van der Waals surface area (Å²) < 4.78 is 27.9. The minimum Gasteiger partial charge on any atom is -0.459 e. The Balaban J connectivity index is 1.74. The summed E-state index contributed by atoms with van der Waals surface area (Å²) in [5.41, 5.74) is 0.875. The fraction of sp³-hybridized carbons (Fsp3) is 0.529. The first-order chi connectivity index (χ1) is 11.5. The van der Waals surface area contributed by atoms with Crippen LogP contribution in [0.2, 0.25) is 0 Å². The van der Waals surface area contributed by atoms with Crippen molar-refractivity contribution < 1.29 is 33.3 Å². The van der Waals surface area contributed by atoms with Gasteiger partial charge in [-0.2, -0.15) is 0 Å². The molecular weight excluding hydrogens is 316 g/mol. The smallest absolute Gasteiger partial charge is 0.304 e. The van der Waals surface area contributed by atoms with Gasteiger partial charge >= 0.3 is 11.9 Å². The molecule has 2 saturated heterocycles. The van der Waals surface area contributed by atoms with Crippen LogP contribution in [0.5, 0.6) is 0 Å². The van der Waals surface area contributed by atoms with Gasteiger partial charge in [0, 0.05) is 19.4 Å². The third-order valence-electron chi connectivity index (χ3n) is 3.86. The number of benzene rings is 1. The molecule has 0 aromatic heterocycles. The molecule has 7 nitrogen and oxygen atoms in total. The Hall–Kier alpha value is -1.96. The maximum Gasteiger partial charge on any atom is 0.304 e. The number of fused-ring (bicyclic) bond motifs is 1. The van der Waals surface area contributed by atoms with Crippen molar-refractivity contribution in [3.05, 3.63) is 35.9 Å². The van der Waals surface area contributed by atoms with Gasteiger partial charge in [-0.05, 0) is 0 Å². The van der Waals surface area contributed by atoms with Gasteiger partial charge < -0.3 is 23.7 Å².